The van der Waals surface area contributed by atoms with E-state index in [1.165, 1.54) is 0 Å². The summed E-state index contributed by atoms with van der Waals surface area (Å²) in [6.45, 7) is 0. The van der Waals surface area contributed by atoms with Gasteiger partial charge < -0.3 is 9.13 Å². The zero-order valence-corrected chi connectivity index (χ0v) is 42.8. The van der Waals surface area contributed by atoms with E-state index in [0.29, 0.717) is 50.9 Å². The molecule has 0 saturated heterocycles. The van der Waals surface area contributed by atoms with Crippen molar-refractivity contribution >= 4 is 43.6 Å². The standard InChI is InChI=1S/C72H42N8/c73-43-46-21-25-53(26-22-46)70-76-71(62-37-47(44-74)23-31-68(62)79-64-33-27-54(49-13-5-1-6-14-49)39-58(64)59-40-55(28-34-65(59)79)50-15-7-2-8-16-50)78-72(77-70)63-38-48(45-75)24-32-69(63)80-66-35-29-56(51-17-9-3-10-18-51)41-60(66)61-42-57(30-36-67(61)80)52-19-11-4-12-20-52/h1-42H. The fourth-order valence-corrected chi connectivity index (χ4v) is 11.2. The SMILES string of the molecule is N#Cc1ccc(-c2nc(-c3cc(C#N)ccc3-n3c4ccc(-c5ccccc5)cc4c4cc(-c5ccccc5)ccc43)nc(-c3cc(C#N)ccc3-n3c4ccc(-c5ccccc5)cc4c4cc(-c5ccccc5)ccc43)n2)cc1. The van der Waals surface area contributed by atoms with Gasteiger partial charge in [0.2, 0.25) is 0 Å². The van der Waals surface area contributed by atoms with E-state index in [9.17, 15) is 15.8 Å². The van der Waals surface area contributed by atoms with Gasteiger partial charge in [-0.2, -0.15) is 15.8 Å². The van der Waals surface area contributed by atoms with Gasteiger partial charge >= 0.3 is 0 Å². The second kappa shape index (κ2) is 19.6. The minimum absolute atomic E-state index is 0.314. The van der Waals surface area contributed by atoms with E-state index in [1.54, 1.807) is 12.1 Å². The summed E-state index contributed by atoms with van der Waals surface area (Å²) in [6, 6.07) is 93.4. The maximum absolute atomic E-state index is 10.6. The van der Waals surface area contributed by atoms with Crippen molar-refractivity contribution in [3.8, 4) is 108 Å². The average Bonchev–Trinajstić information content (AvgIpc) is 4.08. The molecule has 0 saturated carbocycles. The van der Waals surface area contributed by atoms with E-state index in [-0.39, 0.29) is 0 Å². The molecule has 0 atom stereocenters. The van der Waals surface area contributed by atoms with Crippen LogP contribution in [0.1, 0.15) is 16.7 Å². The summed E-state index contributed by atoms with van der Waals surface area (Å²) < 4.78 is 4.48. The van der Waals surface area contributed by atoms with Crippen molar-refractivity contribution in [2.75, 3.05) is 0 Å². The van der Waals surface area contributed by atoms with Crippen molar-refractivity contribution in [2.45, 2.75) is 0 Å². The minimum Gasteiger partial charge on any atom is -0.308 e. The Morgan fingerprint density at radius 3 is 0.850 bits per heavy atom. The molecule has 0 N–H and O–H groups in total. The van der Waals surface area contributed by atoms with Crippen molar-refractivity contribution < 1.29 is 0 Å². The number of nitriles is 3. The Kier molecular flexibility index (Phi) is 11.5. The lowest BCUT2D eigenvalue weighted by atomic mass is 10.0. The minimum atomic E-state index is 0.314. The molecular weight excluding hydrogens is 977 g/mol. The van der Waals surface area contributed by atoms with Crippen LogP contribution in [0.15, 0.2) is 255 Å². The average molecular weight is 1020 g/mol. The predicted octanol–water partition coefficient (Wildman–Crippen LogP) is 17.3. The zero-order chi connectivity index (χ0) is 53.7. The summed E-state index contributed by atoms with van der Waals surface area (Å²) in [5, 5.41) is 35.4. The first kappa shape index (κ1) is 47.0. The molecule has 0 fully saturated rings. The molecule has 0 spiro atoms. The van der Waals surface area contributed by atoms with Gasteiger partial charge in [0.1, 0.15) is 0 Å². The number of hydrogen-bond donors (Lipinski definition) is 0. The van der Waals surface area contributed by atoms with E-state index < -0.39 is 0 Å². The van der Waals surface area contributed by atoms with Gasteiger partial charge in [-0.1, -0.05) is 146 Å². The van der Waals surface area contributed by atoms with Crippen LogP contribution in [0.25, 0.3) is 134 Å². The third kappa shape index (κ3) is 8.20. The Labute approximate surface area is 460 Å². The highest BCUT2D eigenvalue weighted by atomic mass is 15.1. The normalized spacial score (nSPS) is 11.2. The van der Waals surface area contributed by atoms with E-state index in [0.717, 1.165) is 99.5 Å². The van der Waals surface area contributed by atoms with Gasteiger partial charge in [-0.25, -0.2) is 15.0 Å². The van der Waals surface area contributed by atoms with Crippen LogP contribution in [0.4, 0.5) is 0 Å². The molecular formula is C72H42N8. The molecule has 0 aliphatic carbocycles. The van der Waals surface area contributed by atoms with Crippen LogP contribution in [-0.4, -0.2) is 24.1 Å². The highest BCUT2D eigenvalue weighted by Crippen LogP contribution is 2.43. The topological polar surface area (TPSA) is 120 Å². The number of rotatable bonds is 9. The maximum Gasteiger partial charge on any atom is 0.166 e. The monoisotopic (exact) mass is 1020 g/mol. The molecule has 370 valence electrons. The van der Waals surface area contributed by atoms with Gasteiger partial charge in [-0.3, -0.25) is 0 Å². The number of aromatic nitrogens is 5. The molecule has 0 radical (unpaired) electrons. The predicted molar refractivity (Wildman–Crippen MR) is 321 cm³/mol. The van der Waals surface area contributed by atoms with Gasteiger partial charge in [-0.05, 0) is 154 Å². The van der Waals surface area contributed by atoms with Crippen LogP contribution in [0.3, 0.4) is 0 Å². The molecule has 0 aliphatic rings. The second-order valence-electron chi connectivity index (χ2n) is 19.7. The third-order valence-electron chi connectivity index (χ3n) is 15.1. The fourth-order valence-electron chi connectivity index (χ4n) is 11.2. The molecule has 14 rings (SSSR count). The second-order valence-corrected chi connectivity index (χ2v) is 19.7. The van der Waals surface area contributed by atoms with Crippen LogP contribution in [0.5, 0.6) is 0 Å². The van der Waals surface area contributed by atoms with E-state index in [2.05, 4.69) is 197 Å². The maximum atomic E-state index is 10.6. The molecule has 11 aromatic carbocycles. The summed E-state index contributed by atoms with van der Waals surface area (Å²) in [4.78, 5) is 16.0. The fraction of sp³-hybridized carbons (Fsp3) is 0. The summed E-state index contributed by atoms with van der Waals surface area (Å²) >= 11 is 0. The Balaban J connectivity index is 1.03. The quantitative estimate of drug-likeness (QED) is 0.142. The van der Waals surface area contributed by atoms with Crippen molar-refractivity contribution in [1.82, 2.24) is 24.1 Å². The molecule has 8 heteroatoms. The molecule has 0 unspecified atom stereocenters. The smallest absolute Gasteiger partial charge is 0.166 e. The van der Waals surface area contributed by atoms with Gasteiger partial charge in [0.05, 0.1) is 68.3 Å². The lowest BCUT2D eigenvalue weighted by molar-refractivity contribution is 1.06. The van der Waals surface area contributed by atoms with Crippen molar-refractivity contribution in [2.24, 2.45) is 0 Å². The van der Waals surface area contributed by atoms with Crippen LogP contribution >= 0.6 is 0 Å². The molecule has 3 heterocycles. The molecule has 3 aromatic heterocycles. The summed E-state index contributed by atoms with van der Waals surface area (Å²) in [5.41, 5.74) is 17.3. The third-order valence-corrected chi connectivity index (χ3v) is 15.1. The number of nitrogens with zero attached hydrogens (tertiary/aromatic N) is 8. The van der Waals surface area contributed by atoms with Crippen LogP contribution in [-0.2, 0) is 0 Å². The van der Waals surface area contributed by atoms with Crippen molar-refractivity contribution in [3.63, 3.8) is 0 Å². The van der Waals surface area contributed by atoms with E-state index in [4.69, 9.17) is 15.0 Å². The Hall–Kier alpha value is -11.5. The van der Waals surface area contributed by atoms with Crippen molar-refractivity contribution in [1.29, 1.82) is 15.8 Å². The first-order valence-corrected chi connectivity index (χ1v) is 26.2. The largest absolute Gasteiger partial charge is 0.308 e. The summed E-state index contributed by atoms with van der Waals surface area (Å²) in [7, 11) is 0. The molecule has 80 heavy (non-hydrogen) atoms. The Bertz CT molecular complexity index is 4410. The van der Waals surface area contributed by atoms with E-state index in [1.807, 2.05) is 72.8 Å². The molecule has 0 amide bonds. The highest BCUT2D eigenvalue weighted by Gasteiger charge is 2.24. The summed E-state index contributed by atoms with van der Waals surface area (Å²) in [6.07, 6.45) is 0. The van der Waals surface area contributed by atoms with E-state index >= 15 is 0 Å². The highest BCUT2D eigenvalue weighted by molar-refractivity contribution is 6.13. The summed E-state index contributed by atoms with van der Waals surface area (Å²) in [5.74, 6) is 0.975. The Morgan fingerprint density at radius 2 is 0.537 bits per heavy atom. The lowest BCUT2D eigenvalue weighted by Crippen LogP contribution is -2.06. The first-order chi connectivity index (χ1) is 39.5. The van der Waals surface area contributed by atoms with Gasteiger partial charge in [-0.15, -0.1) is 0 Å². The van der Waals surface area contributed by atoms with Crippen LogP contribution in [0, 0.1) is 34.0 Å². The molecule has 8 nitrogen and oxygen atoms in total. The Morgan fingerprint density at radius 1 is 0.250 bits per heavy atom. The lowest BCUT2D eigenvalue weighted by Gasteiger charge is -2.17. The van der Waals surface area contributed by atoms with Gasteiger partial charge in [0, 0.05) is 38.2 Å². The number of fused-ring (bicyclic) bond motifs is 6. The van der Waals surface area contributed by atoms with Crippen molar-refractivity contribution in [3.05, 3.63) is 271 Å². The van der Waals surface area contributed by atoms with Gasteiger partial charge in [0.15, 0.2) is 17.5 Å². The molecule has 0 bridgehead atoms. The number of hydrogen-bond acceptors (Lipinski definition) is 6. The van der Waals surface area contributed by atoms with Crippen LogP contribution in [0.2, 0.25) is 0 Å². The number of benzene rings is 11. The van der Waals surface area contributed by atoms with Gasteiger partial charge in [0.25, 0.3) is 0 Å². The first-order valence-electron chi connectivity index (χ1n) is 26.2. The molecule has 0 aliphatic heterocycles. The zero-order valence-electron chi connectivity index (χ0n) is 42.8. The molecule has 14 aromatic rings. The van der Waals surface area contributed by atoms with Crippen LogP contribution < -0.4 is 0 Å².